The second kappa shape index (κ2) is 7.54. The first kappa shape index (κ1) is 16.7. The Hall–Kier alpha value is -2.68. The van der Waals surface area contributed by atoms with E-state index in [1.165, 1.54) is 6.08 Å². The summed E-state index contributed by atoms with van der Waals surface area (Å²) in [6.07, 6.45) is 4.64. The van der Waals surface area contributed by atoms with Crippen molar-refractivity contribution in [3.05, 3.63) is 70.8 Å². The van der Waals surface area contributed by atoms with Crippen molar-refractivity contribution in [1.29, 1.82) is 0 Å². The van der Waals surface area contributed by atoms with E-state index in [0.717, 1.165) is 17.5 Å². The Morgan fingerprint density at radius 3 is 2.52 bits per heavy atom. The number of phenolic OH excluding ortho intramolecular Hbond substituents is 1. The summed E-state index contributed by atoms with van der Waals surface area (Å²) in [5, 5.41) is 10.1. The number of ketones is 1. The summed E-state index contributed by atoms with van der Waals surface area (Å²) in [7, 11) is 0. The van der Waals surface area contributed by atoms with Crippen LogP contribution in [0.25, 0.3) is 6.08 Å². The third kappa shape index (κ3) is 3.95. The predicted molar refractivity (Wildman–Crippen MR) is 92.0 cm³/mol. The molecule has 2 aromatic rings. The van der Waals surface area contributed by atoms with E-state index >= 15 is 0 Å². The molecule has 0 fully saturated rings. The van der Waals surface area contributed by atoms with Gasteiger partial charge in [-0.1, -0.05) is 50.3 Å². The van der Waals surface area contributed by atoms with Gasteiger partial charge < -0.3 is 5.11 Å². The lowest BCUT2D eigenvalue weighted by Gasteiger charge is -2.13. The number of carbonyl (C=O) groups excluding carboxylic acids is 2. The van der Waals surface area contributed by atoms with E-state index in [1.807, 2.05) is 38.1 Å². The molecule has 1 atom stereocenters. The minimum Gasteiger partial charge on any atom is -0.507 e. The first-order chi connectivity index (χ1) is 11.1. The highest BCUT2D eigenvalue weighted by molar-refractivity contribution is 6.06. The molecule has 23 heavy (non-hydrogen) atoms. The van der Waals surface area contributed by atoms with Crippen molar-refractivity contribution < 1.29 is 14.7 Å². The molecule has 0 radical (unpaired) electrons. The molecule has 0 aromatic heterocycles. The first-order valence-electron chi connectivity index (χ1n) is 7.66. The molecular weight excluding hydrogens is 288 g/mol. The van der Waals surface area contributed by atoms with Crippen LogP contribution in [0.2, 0.25) is 0 Å². The van der Waals surface area contributed by atoms with Gasteiger partial charge in [-0.05, 0) is 41.7 Å². The second-order valence-corrected chi connectivity index (χ2v) is 5.54. The lowest BCUT2D eigenvalue weighted by atomic mass is 9.93. The van der Waals surface area contributed by atoms with Gasteiger partial charge >= 0.3 is 0 Å². The smallest absolute Gasteiger partial charge is 0.185 e. The zero-order valence-corrected chi connectivity index (χ0v) is 13.3. The summed E-state index contributed by atoms with van der Waals surface area (Å²) in [6.45, 7) is 4.01. The Labute approximate surface area is 136 Å². The molecule has 3 heteroatoms. The SMILES string of the molecule is CCC(C)c1cc(/C=C/C(=O)c2ccccc2)cc(C=O)c1O. The van der Waals surface area contributed by atoms with Crippen molar-refractivity contribution in [2.45, 2.75) is 26.2 Å². The minimum atomic E-state index is -0.101. The predicted octanol–water partition coefficient (Wildman–Crippen LogP) is 4.61. The largest absolute Gasteiger partial charge is 0.507 e. The average Bonchev–Trinajstić information content (AvgIpc) is 2.60. The van der Waals surface area contributed by atoms with Gasteiger partial charge in [-0.15, -0.1) is 0 Å². The van der Waals surface area contributed by atoms with Gasteiger partial charge in [-0.2, -0.15) is 0 Å². The number of phenols is 1. The van der Waals surface area contributed by atoms with Gasteiger partial charge in [-0.3, -0.25) is 9.59 Å². The van der Waals surface area contributed by atoms with E-state index in [-0.39, 0.29) is 23.0 Å². The van der Waals surface area contributed by atoms with E-state index in [0.29, 0.717) is 11.8 Å². The van der Waals surface area contributed by atoms with Crippen molar-refractivity contribution in [3.8, 4) is 5.75 Å². The average molecular weight is 308 g/mol. The molecule has 0 saturated heterocycles. The number of allylic oxidation sites excluding steroid dienone is 1. The maximum absolute atomic E-state index is 12.1. The summed E-state index contributed by atoms with van der Waals surface area (Å²) in [4.78, 5) is 23.3. The lowest BCUT2D eigenvalue weighted by Crippen LogP contribution is -1.97. The molecule has 1 unspecified atom stereocenters. The molecule has 2 rings (SSSR count). The Bertz CT molecular complexity index is 730. The van der Waals surface area contributed by atoms with Crippen LogP contribution in [0.15, 0.2) is 48.5 Å². The van der Waals surface area contributed by atoms with Crippen LogP contribution in [-0.4, -0.2) is 17.2 Å². The summed E-state index contributed by atoms with van der Waals surface area (Å²) in [5.74, 6) is 0.0594. The standard InChI is InChI=1S/C20H20O3/c1-3-14(2)18-12-15(11-17(13-21)20(18)23)9-10-19(22)16-7-5-4-6-8-16/h4-14,23H,3H2,1-2H3/b10-9+. The monoisotopic (exact) mass is 308 g/mol. The molecule has 0 saturated carbocycles. The van der Waals surface area contributed by atoms with Crippen LogP contribution in [0.4, 0.5) is 0 Å². The topological polar surface area (TPSA) is 54.4 Å². The zero-order chi connectivity index (χ0) is 16.8. The van der Waals surface area contributed by atoms with Crippen LogP contribution in [0.5, 0.6) is 5.75 Å². The summed E-state index contributed by atoms with van der Waals surface area (Å²) in [6, 6.07) is 12.4. The molecule has 0 bridgehead atoms. The molecule has 1 N–H and O–H groups in total. The van der Waals surface area contributed by atoms with E-state index in [4.69, 9.17) is 0 Å². The highest BCUT2D eigenvalue weighted by Crippen LogP contribution is 2.32. The Balaban J connectivity index is 2.34. The minimum absolute atomic E-state index is 0.0286. The van der Waals surface area contributed by atoms with Crippen LogP contribution >= 0.6 is 0 Å². The van der Waals surface area contributed by atoms with E-state index in [1.54, 1.807) is 24.3 Å². The van der Waals surface area contributed by atoms with Gasteiger partial charge in [0.15, 0.2) is 12.1 Å². The van der Waals surface area contributed by atoms with E-state index in [9.17, 15) is 14.7 Å². The molecule has 0 amide bonds. The third-order valence-electron chi connectivity index (χ3n) is 3.95. The zero-order valence-electron chi connectivity index (χ0n) is 13.3. The number of aromatic hydroxyl groups is 1. The van der Waals surface area contributed by atoms with Gasteiger partial charge in [-0.25, -0.2) is 0 Å². The molecule has 2 aromatic carbocycles. The number of carbonyl (C=O) groups is 2. The Kier molecular flexibility index (Phi) is 5.47. The molecule has 3 nitrogen and oxygen atoms in total. The number of aldehydes is 1. The van der Waals surface area contributed by atoms with Crippen molar-refractivity contribution in [3.63, 3.8) is 0 Å². The summed E-state index contributed by atoms with van der Waals surface area (Å²) < 4.78 is 0. The van der Waals surface area contributed by atoms with Gasteiger partial charge in [0.25, 0.3) is 0 Å². The molecule has 118 valence electrons. The number of hydrogen-bond donors (Lipinski definition) is 1. The van der Waals surface area contributed by atoms with Gasteiger partial charge in [0.05, 0.1) is 5.56 Å². The summed E-state index contributed by atoms with van der Waals surface area (Å²) >= 11 is 0. The highest BCUT2D eigenvalue weighted by Gasteiger charge is 2.13. The van der Waals surface area contributed by atoms with Crippen molar-refractivity contribution >= 4 is 18.1 Å². The summed E-state index contributed by atoms with van der Waals surface area (Å²) in [5.41, 5.74) is 2.31. The van der Waals surface area contributed by atoms with Crippen LogP contribution in [0.3, 0.4) is 0 Å². The molecule has 0 aliphatic heterocycles. The number of rotatable bonds is 6. The quantitative estimate of drug-likeness (QED) is 0.481. The Morgan fingerprint density at radius 1 is 1.22 bits per heavy atom. The highest BCUT2D eigenvalue weighted by atomic mass is 16.3. The van der Waals surface area contributed by atoms with E-state index in [2.05, 4.69) is 0 Å². The number of hydrogen-bond acceptors (Lipinski definition) is 3. The van der Waals surface area contributed by atoms with Crippen molar-refractivity contribution in [2.75, 3.05) is 0 Å². The molecule has 0 aliphatic rings. The maximum Gasteiger partial charge on any atom is 0.185 e. The fourth-order valence-corrected chi connectivity index (χ4v) is 2.36. The lowest BCUT2D eigenvalue weighted by molar-refractivity contribution is 0.104. The molecule has 0 spiro atoms. The second-order valence-electron chi connectivity index (χ2n) is 5.54. The Morgan fingerprint density at radius 2 is 1.91 bits per heavy atom. The van der Waals surface area contributed by atoms with Crippen molar-refractivity contribution in [2.24, 2.45) is 0 Å². The fraction of sp³-hybridized carbons (Fsp3) is 0.200. The van der Waals surface area contributed by atoms with Crippen LogP contribution in [0, 0.1) is 0 Å². The van der Waals surface area contributed by atoms with Crippen LogP contribution in [0.1, 0.15) is 58.0 Å². The molecular formula is C20H20O3. The van der Waals surface area contributed by atoms with Gasteiger partial charge in [0, 0.05) is 5.56 Å². The normalized spacial score (nSPS) is 12.3. The molecule has 0 aliphatic carbocycles. The van der Waals surface area contributed by atoms with E-state index < -0.39 is 0 Å². The van der Waals surface area contributed by atoms with Crippen LogP contribution in [-0.2, 0) is 0 Å². The van der Waals surface area contributed by atoms with Gasteiger partial charge in [0.2, 0.25) is 0 Å². The third-order valence-corrected chi connectivity index (χ3v) is 3.95. The van der Waals surface area contributed by atoms with Crippen molar-refractivity contribution in [1.82, 2.24) is 0 Å². The maximum atomic E-state index is 12.1. The van der Waals surface area contributed by atoms with Gasteiger partial charge in [0.1, 0.15) is 5.75 Å². The number of benzene rings is 2. The fourth-order valence-electron chi connectivity index (χ4n) is 2.36. The van der Waals surface area contributed by atoms with Crippen LogP contribution < -0.4 is 0 Å². The molecule has 0 heterocycles. The first-order valence-corrected chi connectivity index (χ1v) is 7.66.